The molecule has 1 heterocycles. The fourth-order valence-corrected chi connectivity index (χ4v) is 2.04. The van der Waals surface area contributed by atoms with E-state index in [1.807, 2.05) is 12.3 Å². The van der Waals surface area contributed by atoms with Crippen LogP contribution in [0.4, 0.5) is 11.4 Å². The monoisotopic (exact) mass is 237 g/mol. The number of methoxy groups -OCH3 is 1. The van der Waals surface area contributed by atoms with Gasteiger partial charge in [-0.3, -0.25) is 4.98 Å². The second kappa shape index (κ2) is 7.12. The molecule has 4 nitrogen and oxygen atoms in total. The average Bonchev–Trinajstić information content (AvgIpc) is 2.34. The first kappa shape index (κ1) is 13.8. The highest BCUT2D eigenvalue weighted by molar-refractivity contribution is 5.53. The fourth-order valence-electron chi connectivity index (χ4n) is 2.04. The van der Waals surface area contributed by atoms with Crippen LogP contribution >= 0.6 is 0 Å². The molecule has 0 saturated heterocycles. The van der Waals surface area contributed by atoms with Gasteiger partial charge in [0.25, 0.3) is 0 Å². The van der Waals surface area contributed by atoms with Gasteiger partial charge in [0.2, 0.25) is 0 Å². The minimum atomic E-state index is 0.508. The van der Waals surface area contributed by atoms with Crippen molar-refractivity contribution in [3.05, 3.63) is 18.5 Å². The van der Waals surface area contributed by atoms with E-state index in [1.165, 1.54) is 0 Å². The second-order valence-corrected chi connectivity index (χ2v) is 4.13. The molecule has 0 atom stereocenters. The Morgan fingerprint density at radius 2 is 2.06 bits per heavy atom. The zero-order valence-corrected chi connectivity index (χ0v) is 11.0. The third-order valence-corrected chi connectivity index (χ3v) is 3.00. The average molecular weight is 237 g/mol. The molecule has 96 valence electrons. The van der Waals surface area contributed by atoms with E-state index in [1.54, 1.807) is 13.3 Å². The van der Waals surface area contributed by atoms with Crippen molar-refractivity contribution in [1.82, 2.24) is 4.98 Å². The van der Waals surface area contributed by atoms with Crippen LogP contribution in [0.2, 0.25) is 0 Å². The molecule has 0 aliphatic rings. The maximum Gasteiger partial charge on any atom is 0.0637 e. The van der Waals surface area contributed by atoms with Crippen LogP contribution in [0, 0.1) is 0 Å². The molecule has 0 fully saturated rings. The van der Waals surface area contributed by atoms with Crippen LogP contribution in [0.25, 0.3) is 0 Å². The Kier molecular flexibility index (Phi) is 5.77. The van der Waals surface area contributed by atoms with Crippen molar-refractivity contribution >= 4 is 11.4 Å². The van der Waals surface area contributed by atoms with Crippen LogP contribution in [0.5, 0.6) is 0 Å². The van der Waals surface area contributed by atoms with Crippen LogP contribution in [-0.2, 0) is 4.74 Å². The van der Waals surface area contributed by atoms with E-state index in [0.29, 0.717) is 18.3 Å². The molecule has 0 amide bonds. The maximum atomic E-state index is 5.79. The zero-order chi connectivity index (χ0) is 12.7. The van der Waals surface area contributed by atoms with E-state index in [-0.39, 0.29) is 0 Å². The molecule has 0 aromatic carbocycles. The van der Waals surface area contributed by atoms with Gasteiger partial charge in [-0.1, -0.05) is 13.8 Å². The number of hydrogen-bond acceptors (Lipinski definition) is 4. The molecule has 1 aromatic heterocycles. The van der Waals surface area contributed by atoms with Gasteiger partial charge in [0.05, 0.1) is 24.2 Å². The summed E-state index contributed by atoms with van der Waals surface area (Å²) in [6, 6.07) is 2.48. The number of ether oxygens (including phenoxy) is 1. The molecule has 2 N–H and O–H groups in total. The third-order valence-electron chi connectivity index (χ3n) is 3.00. The highest BCUT2D eigenvalue weighted by atomic mass is 16.5. The number of anilines is 2. The predicted octanol–water partition coefficient (Wildman–Crippen LogP) is 2.31. The SMILES string of the molecule is CCC(CC)N(CCOC)c1cncc(N)c1. The highest BCUT2D eigenvalue weighted by Crippen LogP contribution is 2.21. The molecule has 0 saturated carbocycles. The Hall–Kier alpha value is -1.29. The van der Waals surface area contributed by atoms with Gasteiger partial charge in [0, 0.05) is 25.9 Å². The number of aromatic nitrogens is 1. The largest absolute Gasteiger partial charge is 0.397 e. The summed E-state index contributed by atoms with van der Waals surface area (Å²) in [7, 11) is 1.72. The summed E-state index contributed by atoms with van der Waals surface area (Å²) >= 11 is 0. The quantitative estimate of drug-likeness (QED) is 0.790. The molecule has 0 unspecified atom stereocenters. The summed E-state index contributed by atoms with van der Waals surface area (Å²) in [6.07, 6.45) is 5.75. The standard InChI is InChI=1S/C13H23N3O/c1-4-12(5-2)16(6-7-17-3)13-8-11(14)9-15-10-13/h8-10,12H,4-7,14H2,1-3H3. The van der Waals surface area contributed by atoms with E-state index in [4.69, 9.17) is 10.5 Å². The summed E-state index contributed by atoms with van der Waals surface area (Å²) in [5, 5.41) is 0. The maximum absolute atomic E-state index is 5.79. The van der Waals surface area contributed by atoms with Crippen LogP contribution in [0.15, 0.2) is 18.5 Å². The Morgan fingerprint density at radius 3 is 2.59 bits per heavy atom. The molecule has 1 aromatic rings. The summed E-state index contributed by atoms with van der Waals surface area (Å²) < 4.78 is 5.17. The van der Waals surface area contributed by atoms with Crippen molar-refractivity contribution in [2.75, 3.05) is 30.9 Å². The Labute approximate surface area is 104 Å². The van der Waals surface area contributed by atoms with Gasteiger partial charge in [0.15, 0.2) is 0 Å². The number of rotatable bonds is 7. The zero-order valence-electron chi connectivity index (χ0n) is 11.0. The third kappa shape index (κ3) is 3.89. The van der Waals surface area contributed by atoms with E-state index >= 15 is 0 Å². The molecule has 0 aliphatic heterocycles. The van der Waals surface area contributed by atoms with Crippen LogP contribution in [0.1, 0.15) is 26.7 Å². The topological polar surface area (TPSA) is 51.4 Å². The lowest BCUT2D eigenvalue weighted by Gasteiger charge is -2.32. The first-order valence-electron chi connectivity index (χ1n) is 6.19. The second-order valence-electron chi connectivity index (χ2n) is 4.13. The smallest absolute Gasteiger partial charge is 0.0637 e. The van der Waals surface area contributed by atoms with Crippen LogP contribution in [-0.4, -0.2) is 31.3 Å². The van der Waals surface area contributed by atoms with Crippen molar-refractivity contribution < 1.29 is 4.74 Å². The van der Waals surface area contributed by atoms with E-state index in [2.05, 4.69) is 23.7 Å². The minimum absolute atomic E-state index is 0.508. The number of pyridine rings is 1. The van der Waals surface area contributed by atoms with Gasteiger partial charge < -0.3 is 15.4 Å². The lowest BCUT2D eigenvalue weighted by atomic mass is 10.1. The summed E-state index contributed by atoms with van der Waals surface area (Å²) in [5.74, 6) is 0. The lowest BCUT2D eigenvalue weighted by Crippen LogP contribution is -2.37. The normalized spacial score (nSPS) is 10.8. The van der Waals surface area contributed by atoms with Gasteiger partial charge in [-0.05, 0) is 18.9 Å². The lowest BCUT2D eigenvalue weighted by molar-refractivity contribution is 0.202. The highest BCUT2D eigenvalue weighted by Gasteiger charge is 2.15. The van der Waals surface area contributed by atoms with E-state index in [9.17, 15) is 0 Å². The molecule has 1 rings (SSSR count). The molecule has 4 heteroatoms. The van der Waals surface area contributed by atoms with Crippen molar-refractivity contribution in [3.8, 4) is 0 Å². The van der Waals surface area contributed by atoms with Crippen molar-refractivity contribution in [2.24, 2.45) is 0 Å². The van der Waals surface area contributed by atoms with E-state index in [0.717, 1.165) is 25.1 Å². The molecule has 0 spiro atoms. The molecular formula is C13H23N3O. The van der Waals surface area contributed by atoms with Crippen molar-refractivity contribution in [3.63, 3.8) is 0 Å². The number of nitrogens with zero attached hydrogens (tertiary/aromatic N) is 2. The molecule has 0 bridgehead atoms. The van der Waals surface area contributed by atoms with Crippen molar-refractivity contribution in [1.29, 1.82) is 0 Å². The summed E-state index contributed by atoms with van der Waals surface area (Å²) in [5.41, 5.74) is 7.57. The number of nitrogen functional groups attached to an aromatic ring is 1. The molecule has 0 radical (unpaired) electrons. The van der Waals surface area contributed by atoms with Gasteiger partial charge in [0.1, 0.15) is 0 Å². The molecule has 17 heavy (non-hydrogen) atoms. The predicted molar refractivity (Wildman–Crippen MR) is 72.2 cm³/mol. The van der Waals surface area contributed by atoms with Gasteiger partial charge >= 0.3 is 0 Å². The first-order valence-corrected chi connectivity index (χ1v) is 6.19. The van der Waals surface area contributed by atoms with Gasteiger partial charge in [-0.25, -0.2) is 0 Å². The van der Waals surface area contributed by atoms with Gasteiger partial charge in [-0.2, -0.15) is 0 Å². The molecule has 0 aliphatic carbocycles. The first-order chi connectivity index (χ1) is 8.22. The van der Waals surface area contributed by atoms with Gasteiger partial charge in [-0.15, -0.1) is 0 Å². The van der Waals surface area contributed by atoms with Crippen LogP contribution < -0.4 is 10.6 Å². The summed E-state index contributed by atoms with van der Waals surface area (Å²) in [6.45, 7) is 5.99. The minimum Gasteiger partial charge on any atom is -0.397 e. The fraction of sp³-hybridized carbons (Fsp3) is 0.615. The van der Waals surface area contributed by atoms with Crippen molar-refractivity contribution in [2.45, 2.75) is 32.7 Å². The summed E-state index contributed by atoms with van der Waals surface area (Å²) in [4.78, 5) is 6.48. The number of hydrogen-bond donors (Lipinski definition) is 1. The number of nitrogens with two attached hydrogens (primary N) is 1. The Bertz CT molecular complexity index is 326. The van der Waals surface area contributed by atoms with Crippen LogP contribution in [0.3, 0.4) is 0 Å². The Balaban J connectivity index is 2.88. The molecular weight excluding hydrogens is 214 g/mol. The Morgan fingerprint density at radius 1 is 1.35 bits per heavy atom. The van der Waals surface area contributed by atoms with E-state index < -0.39 is 0 Å².